The monoisotopic (exact) mass is 444 g/mol. The third-order valence-corrected chi connectivity index (χ3v) is 6.42. The summed E-state index contributed by atoms with van der Waals surface area (Å²) in [4.78, 5) is 18.8. The Balaban J connectivity index is 1.23. The smallest absolute Gasteiger partial charge is 0.241 e. The number of piperidine rings is 1. The quantitative estimate of drug-likeness (QED) is 0.329. The number of carbonyl (C=O) groups excluding carboxylic acids is 1. The topological polar surface area (TPSA) is 75.2 Å². The van der Waals surface area contributed by atoms with Crippen LogP contribution in [0.15, 0.2) is 35.3 Å². The van der Waals surface area contributed by atoms with E-state index in [-0.39, 0.29) is 12.5 Å². The van der Waals surface area contributed by atoms with Crippen LogP contribution in [0.3, 0.4) is 0 Å². The van der Waals surface area contributed by atoms with Gasteiger partial charge in [-0.1, -0.05) is 30.3 Å². The number of carbonyl (C=O) groups is 1. The first-order valence-electron chi connectivity index (χ1n) is 12.2. The number of hydrogen-bond acceptors (Lipinski definition) is 4. The molecule has 2 aliphatic heterocycles. The van der Waals surface area contributed by atoms with Crippen LogP contribution in [0.2, 0.25) is 0 Å². The predicted octanol–water partition coefficient (Wildman–Crippen LogP) is 2.47. The molecule has 3 rings (SSSR count). The second kappa shape index (κ2) is 14.1. The standard InChI is InChI=1S/C25H40N4O3/c1-26-25(27-12-5-15-32-20-23-10-16-31-17-11-23)28-19-24(30)29-13-8-22(9-14-29)18-21-6-3-2-4-7-21/h2-4,6-7,22-23H,5,8-20H2,1H3,(H2,26,27,28). The molecule has 0 unspecified atom stereocenters. The van der Waals surface area contributed by atoms with E-state index >= 15 is 0 Å². The molecule has 2 N–H and O–H groups in total. The van der Waals surface area contributed by atoms with Crippen molar-refractivity contribution in [3.05, 3.63) is 35.9 Å². The molecule has 7 nitrogen and oxygen atoms in total. The summed E-state index contributed by atoms with van der Waals surface area (Å²) in [5, 5.41) is 6.42. The Labute approximate surface area is 192 Å². The normalized spacial score (nSPS) is 18.5. The van der Waals surface area contributed by atoms with Gasteiger partial charge in [0.05, 0.1) is 6.54 Å². The highest BCUT2D eigenvalue weighted by atomic mass is 16.5. The number of nitrogens with zero attached hydrogens (tertiary/aromatic N) is 2. The van der Waals surface area contributed by atoms with Gasteiger partial charge in [0.1, 0.15) is 0 Å². The van der Waals surface area contributed by atoms with Crippen LogP contribution in [0.4, 0.5) is 0 Å². The Morgan fingerprint density at radius 3 is 2.56 bits per heavy atom. The molecule has 2 fully saturated rings. The lowest BCUT2D eigenvalue weighted by Gasteiger charge is -2.32. The Morgan fingerprint density at radius 2 is 1.84 bits per heavy atom. The number of nitrogens with one attached hydrogen (secondary N) is 2. The van der Waals surface area contributed by atoms with Gasteiger partial charge in [-0.2, -0.15) is 0 Å². The van der Waals surface area contributed by atoms with Gasteiger partial charge in [-0.05, 0) is 55.9 Å². The van der Waals surface area contributed by atoms with E-state index in [0.717, 1.165) is 84.6 Å². The minimum Gasteiger partial charge on any atom is -0.381 e. The molecule has 32 heavy (non-hydrogen) atoms. The molecule has 2 aliphatic rings. The van der Waals surface area contributed by atoms with Gasteiger partial charge in [-0.25, -0.2) is 0 Å². The molecular weight excluding hydrogens is 404 g/mol. The van der Waals surface area contributed by atoms with Crippen molar-refractivity contribution in [2.45, 2.75) is 38.5 Å². The Kier molecular flexibility index (Phi) is 10.8. The van der Waals surface area contributed by atoms with E-state index in [2.05, 4.69) is 46.0 Å². The Bertz CT molecular complexity index is 684. The minimum atomic E-state index is 0.144. The number of likely N-dealkylation sites (tertiary alicyclic amines) is 1. The van der Waals surface area contributed by atoms with Crippen molar-refractivity contribution in [2.75, 3.05) is 59.7 Å². The van der Waals surface area contributed by atoms with Gasteiger partial charge < -0.3 is 25.0 Å². The Hall–Kier alpha value is -2.12. The molecule has 0 aromatic heterocycles. The molecule has 0 radical (unpaired) electrons. The van der Waals surface area contributed by atoms with Crippen molar-refractivity contribution in [3.8, 4) is 0 Å². The maximum atomic E-state index is 12.6. The third-order valence-electron chi connectivity index (χ3n) is 6.42. The van der Waals surface area contributed by atoms with E-state index in [0.29, 0.717) is 17.8 Å². The van der Waals surface area contributed by atoms with Crippen LogP contribution in [-0.2, 0) is 20.7 Å². The lowest BCUT2D eigenvalue weighted by Crippen LogP contribution is -2.47. The molecule has 0 saturated carbocycles. The van der Waals surface area contributed by atoms with Crippen LogP contribution in [-0.4, -0.2) is 76.4 Å². The van der Waals surface area contributed by atoms with Crippen molar-refractivity contribution in [1.29, 1.82) is 0 Å². The fourth-order valence-corrected chi connectivity index (χ4v) is 4.37. The van der Waals surface area contributed by atoms with Crippen molar-refractivity contribution < 1.29 is 14.3 Å². The van der Waals surface area contributed by atoms with Gasteiger partial charge in [0.25, 0.3) is 0 Å². The fourth-order valence-electron chi connectivity index (χ4n) is 4.37. The van der Waals surface area contributed by atoms with Crippen LogP contribution < -0.4 is 10.6 Å². The van der Waals surface area contributed by atoms with Crippen LogP contribution in [0, 0.1) is 11.8 Å². The van der Waals surface area contributed by atoms with E-state index in [1.807, 2.05) is 4.90 Å². The van der Waals surface area contributed by atoms with Crippen molar-refractivity contribution >= 4 is 11.9 Å². The number of aliphatic imine (C=N–C) groups is 1. The second-order valence-corrected chi connectivity index (χ2v) is 8.85. The van der Waals surface area contributed by atoms with Gasteiger partial charge in [0.2, 0.25) is 5.91 Å². The van der Waals surface area contributed by atoms with Gasteiger partial charge in [-0.3, -0.25) is 9.79 Å². The molecule has 7 heteroatoms. The molecular formula is C25H40N4O3. The average molecular weight is 445 g/mol. The first kappa shape index (κ1) is 24.5. The molecule has 2 saturated heterocycles. The minimum absolute atomic E-state index is 0.144. The number of ether oxygens (including phenoxy) is 2. The molecule has 1 amide bonds. The van der Waals surface area contributed by atoms with Crippen LogP contribution >= 0.6 is 0 Å². The summed E-state index contributed by atoms with van der Waals surface area (Å²) in [6.07, 6.45) is 6.37. The largest absolute Gasteiger partial charge is 0.381 e. The van der Waals surface area contributed by atoms with Gasteiger partial charge in [0, 0.05) is 53.1 Å². The molecule has 1 aromatic rings. The molecule has 0 atom stereocenters. The number of hydrogen-bond donors (Lipinski definition) is 2. The number of guanidine groups is 1. The van der Waals surface area contributed by atoms with E-state index in [4.69, 9.17) is 9.47 Å². The number of benzene rings is 1. The van der Waals surface area contributed by atoms with Crippen molar-refractivity contribution in [2.24, 2.45) is 16.8 Å². The number of amides is 1. The molecule has 0 spiro atoms. The highest BCUT2D eigenvalue weighted by Crippen LogP contribution is 2.21. The van der Waals surface area contributed by atoms with Gasteiger partial charge >= 0.3 is 0 Å². The maximum Gasteiger partial charge on any atom is 0.241 e. The van der Waals surface area contributed by atoms with Gasteiger partial charge in [-0.15, -0.1) is 0 Å². The maximum absolute atomic E-state index is 12.6. The summed E-state index contributed by atoms with van der Waals surface area (Å²) < 4.78 is 11.2. The average Bonchev–Trinajstić information content (AvgIpc) is 2.84. The third kappa shape index (κ3) is 8.79. The molecule has 2 heterocycles. The summed E-state index contributed by atoms with van der Waals surface area (Å²) in [5.41, 5.74) is 1.39. The predicted molar refractivity (Wildman–Crippen MR) is 128 cm³/mol. The SMILES string of the molecule is CN=C(NCCCOCC1CCOCC1)NCC(=O)N1CCC(Cc2ccccc2)CC1. The molecule has 0 aliphatic carbocycles. The van der Waals surface area contributed by atoms with Crippen LogP contribution in [0.1, 0.15) is 37.7 Å². The highest BCUT2D eigenvalue weighted by Gasteiger charge is 2.23. The summed E-state index contributed by atoms with van der Waals surface area (Å²) in [7, 11) is 1.73. The van der Waals surface area contributed by atoms with E-state index in [9.17, 15) is 4.79 Å². The Morgan fingerprint density at radius 1 is 1.09 bits per heavy atom. The summed E-state index contributed by atoms with van der Waals surface area (Å²) in [6, 6.07) is 10.6. The zero-order valence-corrected chi connectivity index (χ0v) is 19.6. The van der Waals surface area contributed by atoms with Crippen molar-refractivity contribution in [1.82, 2.24) is 15.5 Å². The first-order chi connectivity index (χ1) is 15.7. The fraction of sp³-hybridized carbons (Fsp3) is 0.680. The molecule has 1 aromatic carbocycles. The highest BCUT2D eigenvalue weighted by molar-refractivity contribution is 5.86. The summed E-state index contributed by atoms with van der Waals surface area (Å²) in [6.45, 7) is 6.02. The van der Waals surface area contributed by atoms with E-state index in [1.54, 1.807) is 7.05 Å². The lowest BCUT2D eigenvalue weighted by molar-refractivity contribution is -0.131. The van der Waals surface area contributed by atoms with E-state index in [1.165, 1.54) is 5.56 Å². The van der Waals surface area contributed by atoms with Crippen LogP contribution in [0.5, 0.6) is 0 Å². The van der Waals surface area contributed by atoms with Crippen molar-refractivity contribution in [3.63, 3.8) is 0 Å². The lowest BCUT2D eigenvalue weighted by atomic mass is 9.90. The van der Waals surface area contributed by atoms with E-state index < -0.39 is 0 Å². The zero-order valence-electron chi connectivity index (χ0n) is 19.6. The summed E-state index contributed by atoms with van der Waals surface area (Å²) in [5.74, 6) is 2.12. The van der Waals surface area contributed by atoms with Crippen LogP contribution in [0.25, 0.3) is 0 Å². The van der Waals surface area contributed by atoms with Gasteiger partial charge in [0.15, 0.2) is 5.96 Å². The summed E-state index contributed by atoms with van der Waals surface area (Å²) >= 11 is 0. The first-order valence-corrected chi connectivity index (χ1v) is 12.2. The molecule has 178 valence electrons. The number of rotatable bonds is 10. The molecule has 0 bridgehead atoms. The second-order valence-electron chi connectivity index (χ2n) is 8.85. The zero-order chi connectivity index (χ0) is 22.4.